The number of benzene rings is 1. The number of hydrogen-bond acceptors (Lipinski definition) is 11. The highest BCUT2D eigenvalue weighted by Gasteiger charge is 2.70. The van der Waals surface area contributed by atoms with E-state index >= 15 is 0 Å². The van der Waals surface area contributed by atoms with Crippen LogP contribution >= 0.6 is 0 Å². The van der Waals surface area contributed by atoms with Gasteiger partial charge in [-0.25, -0.2) is 9.59 Å². The van der Waals surface area contributed by atoms with Crippen molar-refractivity contribution in [3.8, 4) is 23.1 Å². The second kappa shape index (κ2) is 11.4. The molecule has 11 nitrogen and oxygen atoms in total. The van der Waals surface area contributed by atoms with Gasteiger partial charge >= 0.3 is 17.6 Å². The second-order valence-corrected chi connectivity index (χ2v) is 13.3. The molecule has 1 aliphatic heterocycles. The van der Waals surface area contributed by atoms with Crippen LogP contribution in [0.2, 0.25) is 0 Å². The average Bonchev–Trinajstić information content (AvgIpc) is 3.03. The van der Waals surface area contributed by atoms with Gasteiger partial charge in [0, 0.05) is 42.3 Å². The Morgan fingerprint density at radius 3 is 2.54 bits per heavy atom. The zero-order chi connectivity index (χ0) is 33.0. The number of aliphatic hydroxyl groups is 2. The Balaban J connectivity index is 1.48. The Morgan fingerprint density at radius 2 is 1.89 bits per heavy atom. The summed E-state index contributed by atoms with van der Waals surface area (Å²) < 4.78 is 24.1. The van der Waals surface area contributed by atoms with Crippen LogP contribution in [0.1, 0.15) is 74.5 Å². The quantitative estimate of drug-likeness (QED) is 0.385. The van der Waals surface area contributed by atoms with Crippen LogP contribution in [0.25, 0.3) is 11.3 Å². The molecule has 2 N–H and O–H groups in total. The largest absolute Gasteiger partial charge is 0.482 e. The zero-order valence-corrected chi connectivity index (χ0v) is 26.1. The minimum Gasteiger partial charge on any atom is -0.482 e. The number of nitriles is 1. The van der Waals surface area contributed by atoms with Crippen LogP contribution in [0.15, 0.2) is 64.1 Å². The molecule has 0 saturated heterocycles. The number of fused-ring (bicyclic) bond motifs is 4. The Morgan fingerprint density at radius 1 is 1.15 bits per heavy atom. The number of carbonyl (C=O) groups excluding carboxylic acids is 2. The molecule has 0 bridgehead atoms. The van der Waals surface area contributed by atoms with Gasteiger partial charge in [0.2, 0.25) is 0 Å². The molecule has 6 rings (SSSR count). The van der Waals surface area contributed by atoms with Crippen LogP contribution < -0.4 is 10.4 Å². The summed E-state index contributed by atoms with van der Waals surface area (Å²) in [4.78, 5) is 43.2. The lowest BCUT2D eigenvalue weighted by atomic mass is 9.42. The maximum Gasteiger partial charge on any atom is 0.345 e. The van der Waals surface area contributed by atoms with Crippen molar-refractivity contribution in [2.45, 2.75) is 70.9 Å². The molecule has 0 radical (unpaired) electrons. The summed E-state index contributed by atoms with van der Waals surface area (Å²) in [6.07, 6.45) is 0.933. The van der Waals surface area contributed by atoms with Gasteiger partial charge in [-0.3, -0.25) is 9.78 Å². The van der Waals surface area contributed by atoms with Crippen LogP contribution in [0.5, 0.6) is 5.75 Å². The molecule has 0 spiro atoms. The molecule has 8 atom stereocenters. The zero-order valence-electron chi connectivity index (χ0n) is 26.1. The number of aliphatic hydroxyl groups excluding tert-OH is 2. The second-order valence-electron chi connectivity index (χ2n) is 13.3. The Labute approximate surface area is 265 Å². The van der Waals surface area contributed by atoms with Gasteiger partial charge in [0.15, 0.2) is 0 Å². The van der Waals surface area contributed by atoms with E-state index < -0.39 is 64.1 Å². The summed E-state index contributed by atoms with van der Waals surface area (Å²) in [7, 11) is 0. The topological polar surface area (TPSA) is 169 Å². The molecule has 46 heavy (non-hydrogen) atoms. The number of rotatable bonds is 5. The fourth-order valence-corrected chi connectivity index (χ4v) is 8.34. The van der Waals surface area contributed by atoms with Crippen LogP contribution in [0.3, 0.4) is 0 Å². The fraction of sp³-hybridized carbons (Fsp3) is 0.457. The Hall–Kier alpha value is -4.53. The standard InChI is InChI=1S/C35H36N2O9/c1-19(38)43-18-34(3)25-15-27(45-31(41)21-9-7-20(16-36)8-10-21)35(4)30(33(25,2)12-11-26(34)39)29(40)28-24(46-35)14-23(44-32(28)42)22-6-5-13-37-17-22/h5-10,13-14,17,25-27,29-30,39-40H,11-12,15,18H2,1-4H3/t25?,26-,27-,29-,30?,33-,34?,35+/m0/s1. The van der Waals surface area contributed by atoms with Gasteiger partial charge in [0.05, 0.1) is 36.0 Å². The molecule has 240 valence electrons. The predicted molar refractivity (Wildman–Crippen MR) is 162 cm³/mol. The number of aromatic nitrogens is 1. The van der Waals surface area contributed by atoms with E-state index in [0.29, 0.717) is 24.0 Å². The smallest absolute Gasteiger partial charge is 0.345 e. The predicted octanol–water partition coefficient (Wildman–Crippen LogP) is 4.35. The van der Waals surface area contributed by atoms with Gasteiger partial charge < -0.3 is 28.8 Å². The highest BCUT2D eigenvalue weighted by atomic mass is 16.6. The first kappa shape index (κ1) is 31.5. The normalized spacial score (nSPS) is 32.8. The number of hydrogen-bond donors (Lipinski definition) is 2. The van der Waals surface area contributed by atoms with Crippen LogP contribution in [-0.4, -0.2) is 51.6 Å². The summed E-state index contributed by atoms with van der Waals surface area (Å²) in [5.41, 5.74) is -2.76. The van der Waals surface area contributed by atoms with E-state index in [0.717, 1.165) is 0 Å². The summed E-state index contributed by atoms with van der Waals surface area (Å²) in [6.45, 7) is 6.80. The van der Waals surface area contributed by atoms with Crippen molar-refractivity contribution in [3.05, 3.63) is 82.0 Å². The summed E-state index contributed by atoms with van der Waals surface area (Å²) in [5.74, 6) is -2.10. The fourth-order valence-electron chi connectivity index (χ4n) is 8.34. The van der Waals surface area contributed by atoms with E-state index in [1.807, 2.05) is 19.9 Å². The number of esters is 2. The van der Waals surface area contributed by atoms with Crippen molar-refractivity contribution in [2.24, 2.45) is 22.7 Å². The molecular formula is C35H36N2O9. The molecule has 2 aliphatic carbocycles. The number of ether oxygens (including phenoxy) is 3. The third-order valence-electron chi connectivity index (χ3n) is 10.6. The van der Waals surface area contributed by atoms with Crippen LogP contribution in [-0.2, 0) is 14.3 Å². The number of carbonyl (C=O) groups is 2. The molecule has 3 heterocycles. The lowest BCUT2D eigenvalue weighted by molar-refractivity contribution is -0.264. The third-order valence-corrected chi connectivity index (χ3v) is 10.6. The van der Waals surface area contributed by atoms with E-state index in [2.05, 4.69) is 4.98 Å². The van der Waals surface area contributed by atoms with Gasteiger partial charge in [-0.15, -0.1) is 0 Å². The van der Waals surface area contributed by atoms with Crippen molar-refractivity contribution in [3.63, 3.8) is 0 Å². The highest BCUT2D eigenvalue weighted by molar-refractivity contribution is 5.89. The average molecular weight is 629 g/mol. The van der Waals surface area contributed by atoms with E-state index in [1.54, 1.807) is 37.5 Å². The van der Waals surface area contributed by atoms with Gasteiger partial charge in [0.1, 0.15) is 28.8 Å². The third kappa shape index (κ3) is 4.96. The first-order valence-electron chi connectivity index (χ1n) is 15.3. The highest BCUT2D eigenvalue weighted by Crippen LogP contribution is 2.67. The molecule has 2 fully saturated rings. The minimum atomic E-state index is -1.38. The summed E-state index contributed by atoms with van der Waals surface area (Å²) in [5, 5.41) is 32.7. The number of pyridine rings is 1. The maximum absolute atomic E-state index is 13.6. The van der Waals surface area contributed by atoms with Gasteiger partial charge in [-0.05, 0) is 73.9 Å². The maximum atomic E-state index is 13.6. The lowest BCUT2D eigenvalue weighted by Gasteiger charge is -2.66. The minimum absolute atomic E-state index is 0.0398. The summed E-state index contributed by atoms with van der Waals surface area (Å²) >= 11 is 0. The molecule has 1 aromatic carbocycles. The van der Waals surface area contributed by atoms with E-state index in [9.17, 15) is 29.9 Å². The van der Waals surface area contributed by atoms with E-state index in [1.165, 1.54) is 31.2 Å². The van der Waals surface area contributed by atoms with Crippen molar-refractivity contribution in [1.82, 2.24) is 4.98 Å². The van der Waals surface area contributed by atoms with Gasteiger partial charge in [0.25, 0.3) is 0 Å². The molecule has 2 saturated carbocycles. The molecule has 0 amide bonds. The Kier molecular flexibility index (Phi) is 7.77. The SMILES string of the molecule is CC(=O)OCC1(C)C2C[C@H](OC(=O)c3ccc(C#N)cc3)[C@@]3(C)Oc4cc(-c5cccnc5)oc(=O)c4[C@H](O)C3[C@@]2(C)CC[C@@H]1O. The molecule has 11 heteroatoms. The summed E-state index contributed by atoms with van der Waals surface area (Å²) in [6, 6.07) is 13.0. The van der Waals surface area contributed by atoms with Crippen LogP contribution in [0, 0.1) is 34.0 Å². The van der Waals surface area contributed by atoms with Crippen LogP contribution in [0.4, 0.5) is 0 Å². The van der Waals surface area contributed by atoms with E-state index in [-0.39, 0.29) is 35.7 Å². The first-order valence-corrected chi connectivity index (χ1v) is 15.3. The molecular weight excluding hydrogens is 592 g/mol. The van der Waals surface area contributed by atoms with Crippen molar-refractivity contribution in [1.29, 1.82) is 5.26 Å². The first-order chi connectivity index (χ1) is 21.8. The monoisotopic (exact) mass is 628 g/mol. The molecule has 3 unspecified atom stereocenters. The number of nitrogens with zero attached hydrogens (tertiary/aromatic N) is 2. The van der Waals surface area contributed by atoms with E-state index in [4.69, 9.17) is 18.6 Å². The Bertz CT molecular complexity index is 1770. The van der Waals surface area contributed by atoms with Crippen molar-refractivity contribution >= 4 is 11.9 Å². The van der Waals surface area contributed by atoms with Crippen molar-refractivity contribution < 1.29 is 38.4 Å². The van der Waals surface area contributed by atoms with Gasteiger partial charge in [-0.2, -0.15) is 5.26 Å². The lowest BCUT2D eigenvalue weighted by Crippen LogP contribution is -2.71. The van der Waals surface area contributed by atoms with Crippen molar-refractivity contribution in [2.75, 3.05) is 6.61 Å². The molecule has 3 aliphatic rings. The van der Waals surface area contributed by atoms with Gasteiger partial charge in [-0.1, -0.05) is 13.8 Å². The molecule has 3 aromatic rings. The molecule has 2 aromatic heterocycles.